The molecular formula is C15H29N3. The van der Waals surface area contributed by atoms with E-state index in [-0.39, 0.29) is 0 Å². The summed E-state index contributed by atoms with van der Waals surface area (Å²) < 4.78 is 0. The molecule has 1 aliphatic carbocycles. The molecule has 0 aromatic rings. The number of hydrogen-bond acceptors (Lipinski definition) is 3. The molecule has 0 amide bonds. The molecule has 4 atom stereocenters. The highest BCUT2D eigenvalue weighted by Gasteiger charge is 2.29. The average molecular weight is 251 g/mol. The summed E-state index contributed by atoms with van der Waals surface area (Å²) in [6.07, 6.45) is 10.2. The summed E-state index contributed by atoms with van der Waals surface area (Å²) in [5, 5.41) is 10.5. The molecule has 18 heavy (non-hydrogen) atoms. The van der Waals surface area contributed by atoms with E-state index in [9.17, 15) is 0 Å². The Labute approximate surface area is 111 Å². The Bertz CT molecular complexity index is 206. The van der Waals surface area contributed by atoms with Gasteiger partial charge in [0.2, 0.25) is 0 Å². The zero-order chi connectivity index (χ0) is 12.2. The lowest BCUT2D eigenvalue weighted by Crippen LogP contribution is -2.40. The molecule has 104 valence electrons. The Balaban J connectivity index is 0.000000111. The normalized spacial score (nSPS) is 42.7. The highest BCUT2D eigenvalue weighted by Crippen LogP contribution is 2.29. The van der Waals surface area contributed by atoms with Crippen LogP contribution in [-0.2, 0) is 0 Å². The van der Waals surface area contributed by atoms with E-state index in [0.29, 0.717) is 0 Å². The van der Waals surface area contributed by atoms with Crippen molar-refractivity contribution in [2.24, 2.45) is 11.8 Å². The summed E-state index contributed by atoms with van der Waals surface area (Å²) in [6.45, 7) is 4.97. The van der Waals surface area contributed by atoms with Gasteiger partial charge in [-0.2, -0.15) is 0 Å². The smallest absolute Gasteiger partial charge is 0.0232 e. The Kier molecular flexibility index (Phi) is 4.55. The van der Waals surface area contributed by atoms with E-state index in [4.69, 9.17) is 0 Å². The summed E-state index contributed by atoms with van der Waals surface area (Å²) in [5.41, 5.74) is 0. The number of hydrogen-bond donors (Lipinski definition) is 3. The Morgan fingerprint density at radius 2 is 1.44 bits per heavy atom. The van der Waals surface area contributed by atoms with Crippen molar-refractivity contribution < 1.29 is 0 Å². The van der Waals surface area contributed by atoms with E-state index >= 15 is 0 Å². The maximum atomic E-state index is 3.56. The predicted octanol–water partition coefficient (Wildman–Crippen LogP) is 1.50. The number of piperidine rings is 1. The van der Waals surface area contributed by atoms with Gasteiger partial charge in [-0.3, -0.25) is 0 Å². The fraction of sp³-hybridized carbons (Fsp3) is 1.00. The van der Waals surface area contributed by atoms with Crippen molar-refractivity contribution in [2.75, 3.05) is 26.2 Å². The van der Waals surface area contributed by atoms with Crippen LogP contribution in [0, 0.1) is 11.8 Å². The van der Waals surface area contributed by atoms with Gasteiger partial charge in [0.25, 0.3) is 0 Å². The van der Waals surface area contributed by atoms with Gasteiger partial charge in [0.05, 0.1) is 0 Å². The van der Waals surface area contributed by atoms with E-state index in [1.54, 1.807) is 0 Å². The van der Waals surface area contributed by atoms with Crippen LogP contribution in [0.15, 0.2) is 0 Å². The molecule has 1 saturated carbocycles. The minimum absolute atomic E-state index is 0.804. The van der Waals surface area contributed by atoms with Crippen LogP contribution in [0.25, 0.3) is 0 Å². The largest absolute Gasteiger partial charge is 0.315 e. The molecular weight excluding hydrogens is 222 g/mol. The van der Waals surface area contributed by atoms with Crippen molar-refractivity contribution in [3.8, 4) is 0 Å². The van der Waals surface area contributed by atoms with Crippen LogP contribution in [0.5, 0.6) is 0 Å². The minimum atomic E-state index is 0.804. The lowest BCUT2D eigenvalue weighted by molar-refractivity contribution is 0.326. The molecule has 0 radical (unpaired) electrons. The Morgan fingerprint density at radius 1 is 0.611 bits per heavy atom. The zero-order valence-corrected chi connectivity index (χ0v) is 11.6. The van der Waals surface area contributed by atoms with Gasteiger partial charge in [-0.05, 0) is 63.6 Å². The molecule has 4 unspecified atom stereocenters. The molecule has 3 aliphatic heterocycles. The first-order valence-corrected chi connectivity index (χ1v) is 8.11. The number of rotatable bonds is 0. The van der Waals surface area contributed by atoms with Crippen molar-refractivity contribution >= 4 is 0 Å². The van der Waals surface area contributed by atoms with Crippen LogP contribution >= 0.6 is 0 Å². The fourth-order valence-electron chi connectivity index (χ4n) is 4.20. The first-order valence-electron chi connectivity index (χ1n) is 8.11. The van der Waals surface area contributed by atoms with E-state index in [1.165, 1.54) is 71.1 Å². The molecule has 0 aromatic heterocycles. The highest BCUT2D eigenvalue weighted by molar-refractivity contribution is 4.89. The topological polar surface area (TPSA) is 36.1 Å². The second-order valence-corrected chi connectivity index (χ2v) is 6.52. The van der Waals surface area contributed by atoms with Gasteiger partial charge in [-0.25, -0.2) is 0 Å². The molecule has 0 aromatic carbocycles. The SMILES string of the molecule is C1CCC2NCCC2C1.C1CNC2CNCC2C1. The van der Waals surface area contributed by atoms with Crippen LogP contribution in [0.2, 0.25) is 0 Å². The fourth-order valence-corrected chi connectivity index (χ4v) is 4.20. The Hall–Kier alpha value is -0.120. The van der Waals surface area contributed by atoms with Crippen LogP contribution in [-0.4, -0.2) is 38.3 Å². The maximum absolute atomic E-state index is 3.56. The van der Waals surface area contributed by atoms with Gasteiger partial charge in [-0.15, -0.1) is 0 Å². The molecule has 4 aliphatic rings. The summed E-state index contributed by atoms with van der Waals surface area (Å²) in [7, 11) is 0. The second kappa shape index (κ2) is 6.36. The van der Waals surface area contributed by atoms with Crippen LogP contribution in [0.3, 0.4) is 0 Å². The second-order valence-electron chi connectivity index (χ2n) is 6.52. The first-order chi connectivity index (χ1) is 8.93. The van der Waals surface area contributed by atoms with Crippen molar-refractivity contribution in [2.45, 2.75) is 57.0 Å². The third-order valence-corrected chi connectivity index (χ3v) is 5.33. The lowest BCUT2D eigenvalue weighted by Gasteiger charge is -2.24. The summed E-state index contributed by atoms with van der Waals surface area (Å²) in [6, 6.07) is 1.72. The zero-order valence-electron chi connectivity index (χ0n) is 11.6. The average Bonchev–Trinajstić information content (AvgIpc) is 3.08. The highest BCUT2D eigenvalue weighted by atomic mass is 15.0. The molecule has 3 saturated heterocycles. The van der Waals surface area contributed by atoms with E-state index in [2.05, 4.69) is 16.0 Å². The quantitative estimate of drug-likeness (QED) is 0.610. The number of fused-ring (bicyclic) bond motifs is 2. The van der Waals surface area contributed by atoms with Crippen molar-refractivity contribution in [1.82, 2.24) is 16.0 Å². The van der Waals surface area contributed by atoms with E-state index in [1.807, 2.05) is 0 Å². The molecule has 4 fully saturated rings. The third kappa shape index (κ3) is 3.06. The van der Waals surface area contributed by atoms with Gasteiger partial charge in [0, 0.05) is 18.6 Å². The van der Waals surface area contributed by atoms with Crippen molar-refractivity contribution in [3.05, 3.63) is 0 Å². The van der Waals surface area contributed by atoms with Crippen molar-refractivity contribution in [3.63, 3.8) is 0 Å². The molecule has 0 spiro atoms. The lowest BCUT2D eigenvalue weighted by atomic mass is 9.86. The predicted molar refractivity (Wildman–Crippen MR) is 75.8 cm³/mol. The van der Waals surface area contributed by atoms with Gasteiger partial charge in [0.15, 0.2) is 0 Å². The summed E-state index contributed by atoms with van der Waals surface area (Å²) >= 11 is 0. The van der Waals surface area contributed by atoms with E-state index in [0.717, 1.165) is 23.9 Å². The van der Waals surface area contributed by atoms with Crippen LogP contribution < -0.4 is 16.0 Å². The first kappa shape index (κ1) is 12.9. The molecule has 4 rings (SSSR count). The van der Waals surface area contributed by atoms with Gasteiger partial charge in [0.1, 0.15) is 0 Å². The van der Waals surface area contributed by atoms with Crippen LogP contribution in [0.1, 0.15) is 44.9 Å². The Morgan fingerprint density at radius 3 is 2.33 bits per heavy atom. The minimum Gasteiger partial charge on any atom is -0.315 e. The molecule has 3 nitrogen and oxygen atoms in total. The van der Waals surface area contributed by atoms with Crippen molar-refractivity contribution in [1.29, 1.82) is 0 Å². The van der Waals surface area contributed by atoms with Gasteiger partial charge in [-0.1, -0.05) is 12.8 Å². The molecule has 3 heteroatoms. The standard InChI is InChI=1S/C8H15N.C7H14N2/c1-2-4-8-7(3-1)5-6-9-8;1-2-6-4-8-5-7(6)9-3-1/h7-9H,1-6H2;6-9H,1-5H2. The summed E-state index contributed by atoms with van der Waals surface area (Å²) in [4.78, 5) is 0. The van der Waals surface area contributed by atoms with Gasteiger partial charge >= 0.3 is 0 Å². The number of nitrogens with one attached hydrogen (secondary N) is 3. The van der Waals surface area contributed by atoms with Gasteiger partial charge < -0.3 is 16.0 Å². The molecule has 3 N–H and O–H groups in total. The molecule has 3 heterocycles. The summed E-state index contributed by atoms with van der Waals surface area (Å²) in [5.74, 6) is 2.00. The maximum Gasteiger partial charge on any atom is 0.0232 e. The monoisotopic (exact) mass is 251 g/mol. The van der Waals surface area contributed by atoms with Crippen LogP contribution in [0.4, 0.5) is 0 Å². The van der Waals surface area contributed by atoms with E-state index < -0.39 is 0 Å². The third-order valence-electron chi connectivity index (χ3n) is 5.33. The molecule has 0 bridgehead atoms.